The van der Waals surface area contributed by atoms with Crippen molar-refractivity contribution in [1.29, 1.82) is 0 Å². The quantitative estimate of drug-likeness (QED) is 0.421. The van der Waals surface area contributed by atoms with Crippen molar-refractivity contribution in [2.24, 2.45) is 10.4 Å². The van der Waals surface area contributed by atoms with Gasteiger partial charge in [-0.05, 0) is 75.4 Å². The summed E-state index contributed by atoms with van der Waals surface area (Å²) in [4.78, 5) is 0. The molecule has 128 valence electrons. The number of benzene rings is 1. The standard InChI is InChI=1S/C10H14N4.2C5H5.Zr/c1-10(2,3)12-14-13-11-9-7-5-4-6-8-9;2*1-2-4-5-3-1;/h4-8H,1-3H3;2*1-5H;/q-2;;;+2. The number of hydrogen-bond donors (Lipinski definition) is 0. The molecule has 0 N–H and O–H groups in total. The molecule has 0 bridgehead atoms. The van der Waals surface area contributed by atoms with Crippen LogP contribution >= 0.6 is 0 Å². The minimum Gasteiger partial charge on any atom is -0.498 e. The van der Waals surface area contributed by atoms with Crippen molar-refractivity contribution in [3.8, 4) is 0 Å². The van der Waals surface area contributed by atoms with Gasteiger partial charge in [-0.1, -0.05) is 51.1 Å². The van der Waals surface area contributed by atoms with Gasteiger partial charge in [0.15, 0.2) is 0 Å². The molecular formula is C20H24N4Zr. The van der Waals surface area contributed by atoms with Gasteiger partial charge < -0.3 is 21.3 Å². The van der Waals surface area contributed by atoms with Crippen LogP contribution in [-0.2, 0) is 26.2 Å². The van der Waals surface area contributed by atoms with Crippen molar-refractivity contribution < 1.29 is 26.2 Å². The third kappa shape index (κ3) is 16.5. The van der Waals surface area contributed by atoms with E-state index in [-0.39, 0.29) is 31.7 Å². The van der Waals surface area contributed by atoms with E-state index in [1.165, 1.54) is 0 Å². The van der Waals surface area contributed by atoms with E-state index in [0.717, 1.165) is 5.69 Å². The Kier molecular flexibility index (Phi) is 15.1. The molecule has 0 unspecified atom stereocenters. The Morgan fingerprint density at radius 3 is 1.40 bits per heavy atom. The van der Waals surface area contributed by atoms with Gasteiger partial charge in [0.1, 0.15) is 0 Å². The predicted octanol–water partition coefficient (Wildman–Crippen LogP) is 6.19. The van der Waals surface area contributed by atoms with E-state index in [1.807, 2.05) is 115 Å². The van der Waals surface area contributed by atoms with E-state index in [0.29, 0.717) is 0 Å². The van der Waals surface area contributed by atoms with Crippen LogP contribution in [-0.4, -0.2) is 5.54 Å². The fraction of sp³-hybridized carbons (Fsp3) is 0.200. The Bertz CT molecular complexity index is 396. The Morgan fingerprint density at radius 2 is 1.04 bits per heavy atom. The van der Waals surface area contributed by atoms with Crippen LogP contribution in [0.5, 0.6) is 0 Å². The summed E-state index contributed by atoms with van der Waals surface area (Å²) < 4.78 is 0. The predicted molar refractivity (Wildman–Crippen MR) is 100 cm³/mol. The Labute approximate surface area is 173 Å². The summed E-state index contributed by atoms with van der Waals surface area (Å²) in [6.07, 6.45) is 20.0. The normalized spacial score (nSPS) is 16.1. The maximum Gasteiger partial charge on any atom is 2.00 e. The van der Waals surface area contributed by atoms with Crippen LogP contribution < -0.4 is 0 Å². The molecule has 4 nitrogen and oxygen atoms in total. The van der Waals surface area contributed by atoms with Crippen LogP contribution in [0.1, 0.15) is 20.8 Å². The van der Waals surface area contributed by atoms with Gasteiger partial charge >= 0.3 is 26.2 Å². The summed E-state index contributed by atoms with van der Waals surface area (Å²) in [5.74, 6) is 0. The smallest absolute Gasteiger partial charge is 0.498 e. The van der Waals surface area contributed by atoms with Crippen molar-refractivity contribution in [2.75, 3.05) is 0 Å². The molecule has 2 fully saturated rings. The van der Waals surface area contributed by atoms with Crippen molar-refractivity contribution in [2.45, 2.75) is 26.3 Å². The molecular weight excluding hydrogens is 387 g/mol. The number of nitrogens with zero attached hydrogens (tertiary/aromatic N) is 4. The van der Waals surface area contributed by atoms with Crippen LogP contribution in [0.4, 0.5) is 5.69 Å². The summed E-state index contributed by atoms with van der Waals surface area (Å²) in [6, 6.07) is 9.44. The molecule has 2 aliphatic carbocycles. The number of hydrogen-bond acceptors (Lipinski definition) is 2. The van der Waals surface area contributed by atoms with E-state index in [2.05, 4.69) is 21.3 Å². The summed E-state index contributed by atoms with van der Waals surface area (Å²) in [5, 5.41) is 7.23. The molecule has 0 aliphatic heterocycles. The van der Waals surface area contributed by atoms with Gasteiger partial charge in [-0.2, -0.15) is 0 Å². The van der Waals surface area contributed by atoms with Crippen LogP contribution in [0.15, 0.2) is 40.8 Å². The molecule has 0 saturated heterocycles. The van der Waals surface area contributed by atoms with Crippen LogP contribution in [0.25, 0.3) is 10.9 Å². The summed E-state index contributed by atoms with van der Waals surface area (Å²) in [5.41, 5.74) is 8.39. The molecule has 1 aromatic carbocycles. The topological polar surface area (TPSA) is 52.9 Å². The molecule has 2 saturated carbocycles. The maximum absolute atomic E-state index is 3.94. The van der Waals surface area contributed by atoms with Crippen molar-refractivity contribution >= 4 is 5.69 Å². The molecule has 0 heterocycles. The molecule has 0 amide bonds. The van der Waals surface area contributed by atoms with Gasteiger partial charge in [0, 0.05) is 0 Å². The molecule has 2 aliphatic rings. The average molecular weight is 412 g/mol. The molecule has 0 spiro atoms. The van der Waals surface area contributed by atoms with E-state index < -0.39 is 0 Å². The van der Waals surface area contributed by atoms with E-state index in [4.69, 9.17) is 0 Å². The monoisotopic (exact) mass is 410 g/mol. The van der Waals surface area contributed by atoms with E-state index >= 15 is 0 Å². The van der Waals surface area contributed by atoms with Crippen LogP contribution in [0.2, 0.25) is 0 Å². The first-order valence-corrected chi connectivity index (χ1v) is 7.79. The van der Waals surface area contributed by atoms with E-state index in [1.54, 1.807) is 0 Å². The first-order valence-electron chi connectivity index (χ1n) is 7.79. The molecule has 0 aromatic heterocycles. The van der Waals surface area contributed by atoms with Crippen LogP contribution in [0.3, 0.4) is 0 Å². The van der Waals surface area contributed by atoms with Gasteiger partial charge in [0.2, 0.25) is 0 Å². The zero-order valence-electron chi connectivity index (χ0n) is 14.9. The molecule has 5 heteroatoms. The molecule has 0 atom stereocenters. The summed E-state index contributed by atoms with van der Waals surface area (Å²) >= 11 is 0. The zero-order valence-corrected chi connectivity index (χ0v) is 17.4. The van der Waals surface area contributed by atoms with E-state index in [9.17, 15) is 0 Å². The van der Waals surface area contributed by atoms with Gasteiger partial charge in [0.25, 0.3) is 0 Å². The zero-order chi connectivity index (χ0) is 17.5. The minimum atomic E-state index is -0.199. The van der Waals surface area contributed by atoms with Gasteiger partial charge in [-0.15, -0.1) is 0 Å². The summed E-state index contributed by atoms with van der Waals surface area (Å²) in [6.45, 7) is 5.86. The van der Waals surface area contributed by atoms with Crippen molar-refractivity contribution in [3.63, 3.8) is 0 Å². The van der Waals surface area contributed by atoms with Gasteiger partial charge in [-0.3, -0.25) is 0 Å². The van der Waals surface area contributed by atoms with Gasteiger partial charge in [-0.25, -0.2) is 0 Å². The van der Waals surface area contributed by atoms with Crippen molar-refractivity contribution in [3.05, 3.63) is 105 Å². The Balaban J connectivity index is 0.000000425. The molecule has 10 radical (unpaired) electrons. The second-order valence-corrected chi connectivity index (χ2v) is 5.81. The fourth-order valence-corrected chi connectivity index (χ4v) is 1.36. The fourth-order valence-electron chi connectivity index (χ4n) is 1.36. The minimum absolute atomic E-state index is 0. The summed E-state index contributed by atoms with van der Waals surface area (Å²) in [7, 11) is 0. The molecule has 3 rings (SSSR count). The first-order chi connectivity index (χ1) is 11.6. The first kappa shape index (κ1) is 24.3. The molecule has 1 aromatic rings. The second kappa shape index (κ2) is 15.5. The second-order valence-electron chi connectivity index (χ2n) is 5.81. The number of rotatable bonds is 3. The van der Waals surface area contributed by atoms with Crippen molar-refractivity contribution in [1.82, 2.24) is 0 Å². The third-order valence-corrected chi connectivity index (χ3v) is 2.41. The van der Waals surface area contributed by atoms with Gasteiger partial charge in [0.05, 0.1) is 0 Å². The average Bonchev–Trinajstić information content (AvgIpc) is 3.30. The van der Waals surface area contributed by atoms with Crippen LogP contribution in [0, 0.1) is 64.2 Å². The maximum atomic E-state index is 3.94. The Hall–Kier alpha value is -0.697. The largest absolute Gasteiger partial charge is 2.00 e. The third-order valence-electron chi connectivity index (χ3n) is 2.41. The SMILES string of the molecule is CC(C)(C)[N-]/N=N\[N-]c1ccccc1.[CH]1[CH][CH][CH][CH]1.[CH]1[CH][CH][CH][CH]1.[Zr+2]. The Morgan fingerprint density at radius 1 is 0.640 bits per heavy atom. The molecule has 25 heavy (non-hydrogen) atoms.